The molecule has 4 aromatic rings. The van der Waals surface area contributed by atoms with Gasteiger partial charge in [0.05, 0.1) is 22.4 Å². The number of benzene rings is 2. The SMILES string of the molecule is O=C(NCc1ccc(OC(F)(F)F)cc1)[C@H]1CN(c2nc3nc(NCCO)ncc3s2)CCN1S(=O)(=O)c1ccc(OC(F)(F)F)cc1. The number of anilines is 2. The molecule has 0 aliphatic carbocycles. The molecule has 0 radical (unpaired) electrons. The van der Waals surface area contributed by atoms with Crippen molar-refractivity contribution < 1.29 is 54.1 Å². The molecule has 0 saturated carbocycles. The van der Waals surface area contributed by atoms with Gasteiger partial charge >= 0.3 is 12.7 Å². The number of carbonyl (C=O) groups excluding carboxylic acids is 1. The highest BCUT2D eigenvalue weighted by Crippen LogP contribution is 2.32. The molecule has 1 atom stereocenters. The van der Waals surface area contributed by atoms with Crippen molar-refractivity contribution in [2.45, 2.75) is 30.2 Å². The van der Waals surface area contributed by atoms with Gasteiger partial charge in [-0.3, -0.25) is 4.79 Å². The monoisotopic (exact) mass is 721 g/mol. The van der Waals surface area contributed by atoms with E-state index in [0.717, 1.165) is 40.7 Å². The first kappa shape index (κ1) is 34.9. The highest BCUT2D eigenvalue weighted by atomic mass is 32.2. The molecule has 258 valence electrons. The molecule has 1 aliphatic rings. The van der Waals surface area contributed by atoms with E-state index in [9.17, 15) is 39.6 Å². The summed E-state index contributed by atoms with van der Waals surface area (Å²) in [5.41, 5.74) is 0.705. The van der Waals surface area contributed by atoms with Gasteiger partial charge in [-0.05, 0) is 42.0 Å². The van der Waals surface area contributed by atoms with Crippen LogP contribution in [0.2, 0.25) is 0 Å². The molecule has 1 aliphatic heterocycles. The number of ether oxygens (including phenoxy) is 2. The summed E-state index contributed by atoms with van der Waals surface area (Å²) in [5.74, 6) is -1.64. The lowest BCUT2D eigenvalue weighted by Crippen LogP contribution is -2.60. The van der Waals surface area contributed by atoms with Crippen molar-refractivity contribution in [2.75, 3.05) is 43.0 Å². The van der Waals surface area contributed by atoms with Crippen LogP contribution in [0.15, 0.2) is 59.6 Å². The van der Waals surface area contributed by atoms with E-state index in [2.05, 4.69) is 35.1 Å². The lowest BCUT2D eigenvalue weighted by molar-refractivity contribution is -0.275. The Morgan fingerprint density at radius 1 is 0.958 bits per heavy atom. The third-order valence-electron chi connectivity index (χ3n) is 6.73. The van der Waals surface area contributed by atoms with Gasteiger partial charge in [0, 0.05) is 32.7 Å². The number of thiazole rings is 1. The molecule has 1 amide bonds. The van der Waals surface area contributed by atoms with Crippen LogP contribution >= 0.6 is 11.3 Å². The van der Waals surface area contributed by atoms with Crippen molar-refractivity contribution in [2.24, 2.45) is 0 Å². The molecule has 1 fully saturated rings. The number of piperazine rings is 1. The van der Waals surface area contributed by atoms with E-state index in [1.165, 1.54) is 29.7 Å². The van der Waals surface area contributed by atoms with Crippen molar-refractivity contribution in [3.63, 3.8) is 0 Å². The number of alkyl halides is 6. The largest absolute Gasteiger partial charge is 0.573 e. The first-order valence-electron chi connectivity index (χ1n) is 13.8. The van der Waals surface area contributed by atoms with Crippen LogP contribution < -0.4 is 25.0 Å². The predicted molar refractivity (Wildman–Crippen MR) is 159 cm³/mol. The summed E-state index contributed by atoms with van der Waals surface area (Å²) in [5, 5.41) is 14.9. The van der Waals surface area contributed by atoms with Crippen molar-refractivity contribution in [3.05, 3.63) is 60.3 Å². The van der Waals surface area contributed by atoms with Crippen molar-refractivity contribution in [1.29, 1.82) is 0 Å². The molecule has 2 aromatic heterocycles. The first-order valence-corrected chi connectivity index (χ1v) is 16.1. The van der Waals surface area contributed by atoms with Gasteiger partial charge in [-0.15, -0.1) is 26.3 Å². The van der Waals surface area contributed by atoms with Gasteiger partial charge in [0.1, 0.15) is 17.5 Å². The normalized spacial score (nSPS) is 16.1. The van der Waals surface area contributed by atoms with E-state index < -0.39 is 46.2 Å². The second-order valence-electron chi connectivity index (χ2n) is 10.0. The minimum atomic E-state index is -4.99. The predicted octanol–water partition coefficient (Wildman–Crippen LogP) is 3.48. The van der Waals surface area contributed by atoms with Crippen LogP contribution in [0.5, 0.6) is 11.5 Å². The number of aliphatic hydroxyl groups excluding tert-OH is 1. The number of carbonyl (C=O) groups is 1. The zero-order valence-corrected chi connectivity index (χ0v) is 26.0. The van der Waals surface area contributed by atoms with E-state index >= 15 is 0 Å². The Kier molecular flexibility index (Phi) is 10.1. The Hall–Kier alpha value is -4.47. The molecule has 13 nitrogen and oxygen atoms in total. The molecule has 5 rings (SSSR count). The maximum Gasteiger partial charge on any atom is 0.573 e. The number of hydrogen-bond donors (Lipinski definition) is 3. The molecule has 1 saturated heterocycles. The number of fused-ring (bicyclic) bond motifs is 1. The van der Waals surface area contributed by atoms with Crippen LogP contribution in [0, 0.1) is 0 Å². The first-order chi connectivity index (χ1) is 22.6. The summed E-state index contributed by atoms with van der Waals surface area (Å²) in [4.78, 5) is 27.8. The standard InChI is InChI=1S/C27H25F6N7O6S2/c28-26(29,30)45-17-3-1-16(2-4-17)13-35-23(42)20-15-39(25-38-22-21(47-25)14-36-24(37-22)34-9-12-41)10-11-40(20)48(43,44)19-7-5-18(6-8-19)46-27(31,32)33/h1-8,14,20,41H,9-13,15H2,(H,35,42)(H,34,36,37)/t20-/m1/s1. The average Bonchev–Trinajstić information content (AvgIpc) is 3.45. The van der Waals surface area contributed by atoms with Crippen LogP contribution in [0.1, 0.15) is 5.56 Å². The number of aromatic nitrogens is 3. The number of nitrogens with zero attached hydrogens (tertiary/aromatic N) is 5. The molecule has 3 heterocycles. The lowest BCUT2D eigenvalue weighted by atomic mass is 10.1. The highest BCUT2D eigenvalue weighted by Gasteiger charge is 2.41. The van der Waals surface area contributed by atoms with Crippen molar-refractivity contribution in [1.82, 2.24) is 24.6 Å². The summed E-state index contributed by atoms with van der Waals surface area (Å²) in [7, 11) is -4.45. The second kappa shape index (κ2) is 13.9. The summed E-state index contributed by atoms with van der Waals surface area (Å²) in [6.45, 7) is -0.471. The van der Waals surface area contributed by atoms with Gasteiger partial charge in [-0.25, -0.2) is 13.4 Å². The zero-order chi connectivity index (χ0) is 34.7. The maximum atomic E-state index is 13.7. The summed E-state index contributed by atoms with van der Waals surface area (Å²) < 4.78 is 112. The third-order valence-corrected chi connectivity index (χ3v) is 9.69. The Balaban J connectivity index is 1.38. The van der Waals surface area contributed by atoms with Crippen molar-refractivity contribution in [3.8, 4) is 11.5 Å². The van der Waals surface area contributed by atoms with E-state index in [0.29, 0.717) is 21.0 Å². The number of rotatable bonds is 11. The topological polar surface area (TPSA) is 159 Å². The van der Waals surface area contributed by atoms with Crippen LogP contribution in [-0.2, 0) is 21.4 Å². The number of halogens is 6. The van der Waals surface area contributed by atoms with Crippen LogP contribution in [-0.4, -0.2) is 90.2 Å². The Labute approximate surface area is 272 Å². The molecule has 0 bridgehead atoms. The van der Waals surface area contributed by atoms with E-state index in [4.69, 9.17) is 5.11 Å². The van der Waals surface area contributed by atoms with E-state index in [1.54, 1.807) is 4.90 Å². The van der Waals surface area contributed by atoms with E-state index in [1.807, 2.05) is 0 Å². The van der Waals surface area contributed by atoms with Gasteiger partial charge in [0.15, 0.2) is 10.8 Å². The van der Waals surface area contributed by atoms with Gasteiger partial charge in [0.25, 0.3) is 0 Å². The fourth-order valence-electron chi connectivity index (χ4n) is 4.62. The highest BCUT2D eigenvalue weighted by molar-refractivity contribution is 7.89. The number of amides is 1. The minimum Gasteiger partial charge on any atom is -0.406 e. The van der Waals surface area contributed by atoms with Gasteiger partial charge in [-0.2, -0.15) is 14.3 Å². The fraction of sp³-hybridized carbons (Fsp3) is 0.333. The molecular weight excluding hydrogens is 696 g/mol. The van der Waals surface area contributed by atoms with Gasteiger partial charge < -0.3 is 30.1 Å². The third kappa shape index (κ3) is 8.70. The fourth-order valence-corrected chi connectivity index (χ4v) is 7.10. The quantitative estimate of drug-likeness (QED) is 0.195. The zero-order valence-electron chi connectivity index (χ0n) is 24.3. The Morgan fingerprint density at radius 2 is 1.58 bits per heavy atom. The number of aliphatic hydroxyl groups is 1. The van der Waals surface area contributed by atoms with Crippen LogP contribution in [0.4, 0.5) is 37.4 Å². The van der Waals surface area contributed by atoms with Crippen LogP contribution in [0.3, 0.4) is 0 Å². The number of sulfonamides is 1. The number of nitrogens with one attached hydrogen (secondary N) is 2. The summed E-state index contributed by atoms with van der Waals surface area (Å²) in [6, 6.07) is 6.85. The maximum absolute atomic E-state index is 13.7. The Bertz CT molecular complexity index is 1840. The number of hydrogen-bond acceptors (Lipinski definition) is 12. The molecule has 0 spiro atoms. The van der Waals surface area contributed by atoms with Crippen molar-refractivity contribution >= 4 is 48.7 Å². The van der Waals surface area contributed by atoms with Crippen LogP contribution in [0.25, 0.3) is 10.3 Å². The molecule has 21 heteroatoms. The smallest absolute Gasteiger partial charge is 0.406 e. The minimum absolute atomic E-state index is 0.0712. The molecule has 0 unspecified atom stereocenters. The molecule has 2 aromatic carbocycles. The average molecular weight is 722 g/mol. The lowest BCUT2D eigenvalue weighted by Gasteiger charge is -2.39. The molecule has 3 N–H and O–H groups in total. The van der Waals surface area contributed by atoms with E-state index in [-0.39, 0.29) is 50.2 Å². The second-order valence-corrected chi connectivity index (χ2v) is 12.9. The summed E-state index contributed by atoms with van der Waals surface area (Å²) >= 11 is 1.19. The Morgan fingerprint density at radius 3 is 2.19 bits per heavy atom. The van der Waals surface area contributed by atoms with Gasteiger partial charge in [-0.1, -0.05) is 23.5 Å². The molecule has 48 heavy (non-hydrogen) atoms. The summed E-state index contributed by atoms with van der Waals surface area (Å²) in [6.07, 6.45) is -8.36. The molecular formula is C27H25F6N7O6S2. The van der Waals surface area contributed by atoms with Gasteiger partial charge in [0.2, 0.25) is 21.9 Å².